The van der Waals surface area contributed by atoms with Gasteiger partial charge in [-0.05, 0) is 30.4 Å². The zero-order valence-electron chi connectivity index (χ0n) is 13.5. The van der Waals surface area contributed by atoms with E-state index in [1.807, 2.05) is 29.2 Å². The van der Waals surface area contributed by atoms with Gasteiger partial charge in [-0.1, -0.05) is 32.0 Å². The summed E-state index contributed by atoms with van der Waals surface area (Å²) in [6.07, 6.45) is 2.99. The van der Waals surface area contributed by atoms with E-state index in [4.69, 9.17) is 0 Å². The number of benzene rings is 1. The Morgan fingerprint density at radius 1 is 1.17 bits per heavy atom. The monoisotopic (exact) mass is 307 g/mol. The van der Waals surface area contributed by atoms with Crippen LogP contribution in [-0.2, 0) is 0 Å². The van der Waals surface area contributed by atoms with Crippen molar-refractivity contribution in [3.05, 3.63) is 42.2 Å². The number of carbonyl (C=O) groups excluding carboxylic acids is 1. The molecule has 0 saturated carbocycles. The van der Waals surface area contributed by atoms with Crippen LogP contribution in [0.1, 0.15) is 30.8 Å². The molecule has 1 amide bonds. The number of amides is 1. The Morgan fingerprint density at radius 3 is 2.70 bits per heavy atom. The third-order valence-electron chi connectivity index (χ3n) is 4.75. The molecule has 1 aromatic carbocycles. The number of hydrogen-bond donors (Lipinski definition) is 1. The second kappa shape index (κ2) is 5.37. The Labute approximate surface area is 135 Å². The molecule has 4 rings (SSSR count). The number of likely N-dealkylation sites (tertiary alicyclic amines) is 1. The van der Waals surface area contributed by atoms with E-state index in [-0.39, 0.29) is 5.91 Å². The fraction of sp³-hybridized carbons (Fsp3) is 0.368. The summed E-state index contributed by atoms with van der Waals surface area (Å²) in [5.74, 6) is 1.23. The lowest BCUT2D eigenvalue weighted by molar-refractivity contribution is 0.0618. The molecule has 23 heavy (non-hydrogen) atoms. The van der Waals surface area contributed by atoms with Crippen molar-refractivity contribution >= 4 is 27.7 Å². The molecule has 0 aliphatic carbocycles. The first kappa shape index (κ1) is 14.2. The van der Waals surface area contributed by atoms with E-state index in [2.05, 4.69) is 29.9 Å². The van der Waals surface area contributed by atoms with Crippen molar-refractivity contribution in [1.29, 1.82) is 0 Å². The van der Waals surface area contributed by atoms with Gasteiger partial charge in [-0.2, -0.15) is 0 Å². The second-order valence-corrected chi connectivity index (χ2v) is 6.94. The van der Waals surface area contributed by atoms with Crippen molar-refractivity contribution in [2.24, 2.45) is 11.8 Å². The van der Waals surface area contributed by atoms with Crippen LogP contribution in [0.3, 0.4) is 0 Å². The van der Waals surface area contributed by atoms with Crippen LogP contribution in [0.15, 0.2) is 36.5 Å². The van der Waals surface area contributed by atoms with E-state index in [0.29, 0.717) is 17.5 Å². The SMILES string of the molecule is CC1CC(C)CN(C(=O)c2cc3ccc4cccnc4c3[nH]2)C1. The van der Waals surface area contributed by atoms with Gasteiger partial charge in [0.25, 0.3) is 5.91 Å². The van der Waals surface area contributed by atoms with Crippen LogP contribution < -0.4 is 0 Å². The summed E-state index contributed by atoms with van der Waals surface area (Å²) < 4.78 is 0. The lowest BCUT2D eigenvalue weighted by Crippen LogP contribution is -2.42. The minimum atomic E-state index is 0.101. The van der Waals surface area contributed by atoms with E-state index < -0.39 is 0 Å². The summed E-state index contributed by atoms with van der Waals surface area (Å²) >= 11 is 0. The molecule has 1 aliphatic rings. The molecular weight excluding hydrogens is 286 g/mol. The summed E-state index contributed by atoms with van der Waals surface area (Å²) in [5, 5.41) is 2.12. The largest absolute Gasteiger partial charge is 0.349 e. The van der Waals surface area contributed by atoms with Gasteiger partial charge < -0.3 is 9.88 Å². The molecule has 2 atom stereocenters. The number of pyridine rings is 1. The highest BCUT2D eigenvalue weighted by molar-refractivity contribution is 6.07. The number of H-pyrrole nitrogens is 1. The normalized spacial score (nSPS) is 21.9. The van der Waals surface area contributed by atoms with E-state index in [9.17, 15) is 4.79 Å². The zero-order chi connectivity index (χ0) is 16.0. The maximum absolute atomic E-state index is 12.9. The molecule has 2 unspecified atom stereocenters. The van der Waals surface area contributed by atoms with Crippen LogP contribution in [0.4, 0.5) is 0 Å². The maximum Gasteiger partial charge on any atom is 0.270 e. The predicted molar refractivity (Wildman–Crippen MR) is 92.4 cm³/mol. The number of rotatable bonds is 1. The van der Waals surface area contributed by atoms with Crippen LogP contribution in [0.5, 0.6) is 0 Å². The average molecular weight is 307 g/mol. The predicted octanol–water partition coefficient (Wildman–Crippen LogP) is 3.83. The molecule has 1 aliphatic heterocycles. The van der Waals surface area contributed by atoms with Gasteiger partial charge >= 0.3 is 0 Å². The van der Waals surface area contributed by atoms with Gasteiger partial charge in [0.05, 0.1) is 11.0 Å². The highest BCUT2D eigenvalue weighted by Gasteiger charge is 2.27. The smallest absolute Gasteiger partial charge is 0.270 e. The van der Waals surface area contributed by atoms with E-state index >= 15 is 0 Å². The number of hydrogen-bond acceptors (Lipinski definition) is 2. The van der Waals surface area contributed by atoms with Crippen LogP contribution in [-0.4, -0.2) is 33.9 Å². The second-order valence-electron chi connectivity index (χ2n) is 6.94. The number of nitrogens with one attached hydrogen (secondary N) is 1. The van der Waals surface area contributed by atoms with Gasteiger partial charge in [0.15, 0.2) is 0 Å². The van der Waals surface area contributed by atoms with Crippen LogP contribution in [0.2, 0.25) is 0 Å². The molecule has 0 radical (unpaired) electrons. The third-order valence-corrected chi connectivity index (χ3v) is 4.75. The first-order chi connectivity index (χ1) is 11.1. The van der Waals surface area contributed by atoms with Crippen molar-refractivity contribution in [2.45, 2.75) is 20.3 Å². The van der Waals surface area contributed by atoms with Gasteiger partial charge in [-0.25, -0.2) is 0 Å². The lowest BCUT2D eigenvalue weighted by Gasteiger charge is -2.34. The van der Waals surface area contributed by atoms with Crippen molar-refractivity contribution in [3.63, 3.8) is 0 Å². The number of aromatic amines is 1. The molecule has 3 aromatic rings. The molecule has 2 aromatic heterocycles. The van der Waals surface area contributed by atoms with Crippen LogP contribution in [0, 0.1) is 11.8 Å². The van der Waals surface area contributed by atoms with Crippen molar-refractivity contribution in [2.75, 3.05) is 13.1 Å². The Bertz CT molecular complexity index is 873. The molecule has 4 nitrogen and oxygen atoms in total. The first-order valence-electron chi connectivity index (χ1n) is 8.27. The number of carbonyl (C=O) groups is 1. The number of aromatic nitrogens is 2. The minimum Gasteiger partial charge on any atom is -0.349 e. The van der Waals surface area contributed by atoms with E-state index in [0.717, 1.165) is 34.9 Å². The molecule has 118 valence electrons. The average Bonchev–Trinajstić information content (AvgIpc) is 2.98. The van der Waals surface area contributed by atoms with Crippen molar-refractivity contribution in [1.82, 2.24) is 14.9 Å². The Morgan fingerprint density at radius 2 is 1.91 bits per heavy atom. The topological polar surface area (TPSA) is 49.0 Å². The molecule has 1 N–H and O–H groups in total. The van der Waals surface area contributed by atoms with E-state index in [1.54, 1.807) is 6.20 Å². The molecular formula is C19H21N3O. The highest BCUT2D eigenvalue weighted by atomic mass is 16.2. The Hall–Kier alpha value is -2.36. The third kappa shape index (κ3) is 2.48. The maximum atomic E-state index is 12.9. The fourth-order valence-corrected chi connectivity index (χ4v) is 3.85. The number of fused-ring (bicyclic) bond motifs is 3. The van der Waals surface area contributed by atoms with Crippen molar-refractivity contribution in [3.8, 4) is 0 Å². The number of piperidine rings is 1. The fourth-order valence-electron chi connectivity index (χ4n) is 3.85. The summed E-state index contributed by atoms with van der Waals surface area (Å²) in [6, 6.07) is 10.0. The molecule has 0 bridgehead atoms. The molecule has 1 fully saturated rings. The van der Waals surface area contributed by atoms with Crippen LogP contribution in [0.25, 0.3) is 21.8 Å². The summed E-state index contributed by atoms with van der Waals surface area (Å²) in [6.45, 7) is 6.13. The van der Waals surface area contributed by atoms with Gasteiger partial charge in [-0.15, -0.1) is 0 Å². The lowest BCUT2D eigenvalue weighted by atomic mass is 9.92. The van der Waals surface area contributed by atoms with Crippen LogP contribution >= 0.6 is 0 Å². The number of nitrogens with zero attached hydrogens (tertiary/aromatic N) is 2. The highest BCUT2D eigenvalue weighted by Crippen LogP contribution is 2.26. The zero-order valence-corrected chi connectivity index (χ0v) is 13.5. The quantitative estimate of drug-likeness (QED) is 0.742. The molecule has 1 saturated heterocycles. The molecule has 0 spiro atoms. The molecule has 4 heteroatoms. The van der Waals surface area contributed by atoms with Gasteiger partial charge in [-0.3, -0.25) is 9.78 Å². The first-order valence-corrected chi connectivity index (χ1v) is 8.27. The summed E-state index contributed by atoms with van der Waals surface area (Å²) in [5.41, 5.74) is 2.54. The summed E-state index contributed by atoms with van der Waals surface area (Å²) in [4.78, 5) is 22.6. The van der Waals surface area contributed by atoms with Gasteiger partial charge in [0, 0.05) is 30.1 Å². The standard InChI is InChI=1S/C19H21N3O/c1-12-8-13(2)11-22(10-12)19(23)16-9-15-6-5-14-4-3-7-20-17(14)18(15)21-16/h3-7,9,12-13,21H,8,10-11H2,1-2H3. The van der Waals surface area contributed by atoms with Crippen molar-refractivity contribution < 1.29 is 4.79 Å². The van der Waals surface area contributed by atoms with Gasteiger partial charge in [0.1, 0.15) is 5.69 Å². The van der Waals surface area contributed by atoms with Gasteiger partial charge in [0.2, 0.25) is 0 Å². The minimum absolute atomic E-state index is 0.101. The summed E-state index contributed by atoms with van der Waals surface area (Å²) in [7, 11) is 0. The Kier molecular flexibility index (Phi) is 3.33. The Balaban J connectivity index is 1.74. The van der Waals surface area contributed by atoms with E-state index in [1.165, 1.54) is 6.42 Å². The molecule has 3 heterocycles.